The number of rotatable bonds is 7. The number of hydrogen-bond donors (Lipinski definition) is 2. The molecule has 0 aliphatic carbocycles. The number of ether oxygens (including phenoxy) is 1. The lowest BCUT2D eigenvalue weighted by molar-refractivity contribution is -0.118. The van der Waals surface area contributed by atoms with Gasteiger partial charge in [0.05, 0.1) is 7.11 Å². The van der Waals surface area contributed by atoms with Crippen molar-refractivity contribution in [2.75, 3.05) is 13.7 Å². The molecule has 0 aliphatic rings. The molecule has 1 amide bonds. The Labute approximate surface area is 102 Å². The molecule has 0 heterocycles. The molecule has 0 saturated heterocycles. The maximum Gasteiger partial charge on any atom is 0.217 e. The molecule has 1 aromatic rings. The van der Waals surface area contributed by atoms with Crippen LogP contribution in [0.2, 0.25) is 0 Å². The maximum absolute atomic E-state index is 10.6. The van der Waals surface area contributed by atoms with Crippen LogP contribution in [0.1, 0.15) is 31.4 Å². The topological polar surface area (TPSA) is 64.3 Å². The Bertz CT molecular complexity index is 366. The van der Waals surface area contributed by atoms with Crippen LogP contribution in [0.15, 0.2) is 24.3 Å². The van der Waals surface area contributed by atoms with Crippen LogP contribution in [0, 0.1) is 0 Å². The van der Waals surface area contributed by atoms with Crippen molar-refractivity contribution in [3.05, 3.63) is 29.8 Å². The van der Waals surface area contributed by atoms with E-state index in [2.05, 4.69) is 12.2 Å². The van der Waals surface area contributed by atoms with Crippen LogP contribution < -0.4 is 15.8 Å². The molecule has 0 aromatic heterocycles. The summed E-state index contributed by atoms with van der Waals surface area (Å²) >= 11 is 0. The third kappa shape index (κ3) is 4.87. The Morgan fingerprint density at radius 2 is 2.29 bits per heavy atom. The minimum absolute atomic E-state index is 0.234. The monoisotopic (exact) mass is 236 g/mol. The molecule has 0 aliphatic heterocycles. The fourth-order valence-electron chi connectivity index (χ4n) is 1.61. The molecule has 0 bridgehead atoms. The minimum Gasteiger partial charge on any atom is -0.497 e. The van der Waals surface area contributed by atoms with Crippen molar-refractivity contribution in [1.82, 2.24) is 5.32 Å². The number of nitrogens with one attached hydrogen (secondary N) is 1. The molecule has 0 radical (unpaired) electrons. The van der Waals surface area contributed by atoms with E-state index in [1.54, 1.807) is 7.11 Å². The van der Waals surface area contributed by atoms with Gasteiger partial charge in [0.2, 0.25) is 5.91 Å². The van der Waals surface area contributed by atoms with Crippen LogP contribution in [-0.2, 0) is 4.79 Å². The Morgan fingerprint density at radius 1 is 1.53 bits per heavy atom. The van der Waals surface area contributed by atoms with Crippen LogP contribution in [0.5, 0.6) is 5.75 Å². The van der Waals surface area contributed by atoms with Gasteiger partial charge in [-0.15, -0.1) is 0 Å². The molecule has 4 nitrogen and oxygen atoms in total. The van der Waals surface area contributed by atoms with Crippen LogP contribution >= 0.6 is 0 Å². The molecule has 94 valence electrons. The van der Waals surface area contributed by atoms with Gasteiger partial charge in [-0.3, -0.25) is 4.79 Å². The molecule has 1 unspecified atom stereocenters. The van der Waals surface area contributed by atoms with Crippen LogP contribution in [-0.4, -0.2) is 19.6 Å². The molecule has 3 N–H and O–H groups in total. The van der Waals surface area contributed by atoms with Crippen molar-refractivity contribution < 1.29 is 9.53 Å². The van der Waals surface area contributed by atoms with Crippen molar-refractivity contribution >= 4 is 5.91 Å². The van der Waals surface area contributed by atoms with Crippen molar-refractivity contribution in [1.29, 1.82) is 0 Å². The van der Waals surface area contributed by atoms with Gasteiger partial charge in [0.25, 0.3) is 0 Å². The van der Waals surface area contributed by atoms with E-state index in [1.807, 2.05) is 24.3 Å². The lowest BCUT2D eigenvalue weighted by Crippen LogP contribution is -2.21. The standard InChI is InChI=1S/C13H20N2O2/c1-10(15-8-4-7-13(14)16)11-5-3-6-12(9-11)17-2/h3,5-6,9-10,15H,4,7-8H2,1-2H3,(H2,14,16). The Morgan fingerprint density at radius 3 is 2.94 bits per heavy atom. The molecule has 1 aromatic carbocycles. The molecular formula is C13H20N2O2. The van der Waals surface area contributed by atoms with Gasteiger partial charge in [-0.05, 0) is 37.6 Å². The van der Waals surface area contributed by atoms with E-state index in [0.29, 0.717) is 6.42 Å². The zero-order valence-corrected chi connectivity index (χ0v) is 10.4. The summed E-state index contributed by atoms with van der Waals surface area (Å²) in [6.07, 6.45) is 1.20. The summed E-state index contributed by atoms with van der Waals surface area (Å²) < 4.78 is 5.17. The molecule has 4 heteroatoms. The molecule has 1 atom stereocenters. The second kappa shape index (κ2) is 6.91. The number of primary amides is 1. The van der Waals surface area contributed by atoms with E-state index in [1.165, 1.54) is 5.56 Å². The zero-order chi connectivity index (χ0) is 12.7. The number of benzene rings is 1. The summed E-state index contributed by atoms with van der Waals surface area (Å²) in [5.74, 6) is 0.606. The third-order valence-corrected chi connectivity index (χ3v) is 2.64. The number of amides is 1. The second-order valence-corrected chi connectivity index (χ2v) is 4.02. The number of hydrogen-bond acceptors (Lipinski definition) is 3. The fraction of sp³-hybridized carbons (Fsp3) is 0.462. The number of carbonyl (C=O) groups excluding carboxylic acids is 1. The highest BCUT2D eigenvalue weighted by Gasteiger charge is 2.05. The summed E-state index contributed by atoms with van der Waals surface area (Å²) in [6.45, 7) is 2.86. The first-order chi connectivity index (χ1) is 8.13. The summed E-state index contributed by atoms with van der Waals surface area (Å²) in [5.41, 5.74) is 6.24. The maximum atomic E-state index is 10.6. The van der Waals surface area contributed by atoms with Crippen LogP contribution in [0.25, 0.3) is 0 Å². The Balaban J connectivity index is 2.40. The summed E-state index contributed by atoms with van der Waals surface area (Å²) in [6, 6.07) is 8.18. The van der Waals surface area contributed by atoms with Crippen LogP contribution in [0.3, 0.4) is 0 Å². The second-order valence-electron chi connectivity index (χ2n) is 4.02. The molecular weight excluding hydrogens is 216 g/mol. The number of methoxy groups -OCH3 is 1. The van der Waals surface area contributed by atoms with E-state index >= 15 is 0 Å². The highest BCUT2D eigenvalue weighted by atomic mass is 16.5. The van der Waals surface area contributed by atoms with Gasteiger partial charge in [-0.2, -0.15) is 0 Å². The Kier molecular flexibility index (Phi) is 5.49. The lowest BCUT2D eigenvalue weighted by Gasteiger charge is -2.14. The number of nitrogens with two attached hydrogens (primary N) is 1. The minimum atomic E-state index is -0.249. The fourth-order valence-corrected chi connectivity index (χ4v) is 1.61. The van der Waals surface area contributed by atoms with Gasteiger partial charge < -0.3 is 15.8 Å². The van der Waals surface area contributed by atoms with E-state index in [-0.39, 0.29) is 11.9 Å². The van der Waals surface area contributed by atoms with E-state index in [4.69, 9.17) is 10.5 Å². The Hall–Kier alpha value is -1.55. The highest BCUT2D eigenvalue weighted by Crippen LogP contribution is 2.18. The number of carbonyl (C=O) groups is 1. The van der Waals surface area contributed by atoms with Crippen molar-refractivity contribution in [3.8, 4) is 5.75 Å². The first kappa shape index (κ1) is 13.5. The summed E-state index contributed by atoms with van der Waals surface area (Å²) in [4.78, 5) is 10.6. The van der Waals surface area contributed by atoms with Crippen molar-refractivity contribution in [2.45, 2.75) is 25.8 Å². The van der Waals surface area contributed by atoms with Gasteiger partial charge in [-0.25, -0.2) is 0 Å². The first-order valence-electron chi connectivity index (χ1n) is 5.79. The average molecular weight is 236 g/mol. The largest absolute Gasteiger partial charge is 0.497 e. The summed E-state index contributed by atoms with van der Waals surface area (Å²) in [5, 5.41) is 3.34. The predicted molar refractivity (Wildman–Crippen MR) is 67.8 cm³/mol. The normalized spacial score (nSPS) is 12.1. The molecule has 0 fully saturated rings. The molecule has 17 heavy (non-hydrogen) atoms. The van der Waals surface area contributed by atoms with Gasteiger partial charge in [0.15, 0.2) is 0 Å². The van der Waals surface area contributed by atoms with Crippen molar-refractivity contribution in [3.63, 3.8) is 0 Å². The van der Waals surface area contributed by atoms with Gasteiger partial charge in [0.1, 0.15) is 5.75 Å². The smallest absolute Gasteiger partial charge is 0.217 e. The molecule has 0 saturated carbocycles. The van der Waals surface area contributed by atoms with Crippen LogP contribution in [0.4, 0.5) is 0 Å². The first-order valence-corrected chi connectivity index (χ1v) is 5.79. The summed E-state index contributed by atoms with van der Waals surface area (Å²) in [7, 11) is 1.66. The lowest BCUT2D eigenvalue weighted by atomic mass is 10.1. The third-order valence-electron chi connectivity index (χ3n) is 2.64. The average Bonchev–Trinajstić information content (AvgIpc) is 2.34. The quantitative estimate of drug-likeness (QED) is 0.707. The van der Waals surface area contributed by atoms with Gasteiger partial charge in [0, 0.05) is 12.5 Å². The van der Waals surface area contributed by atoms with E-state index in [9.17, 15) is 4.79 Å². The highest BCUT2D eigenvalue weighted by molar-refractivity contribution is 5.73. The molecule has 1 rings (SSSR count). The molecule has 0 spiro atoms. The van der Waals surface area contributed by atoms with Crippen molar-refractivity contribution in [2.24, 2.45) is 5.73 Å². The van der Waals surface area contributed by atoms with E-state index < -0.39 is 0 Å². The van der Waals surface area contributed by atoms with E-state index in [0.717, 1.165) is 18.7 Å². The van der Waals surface area contributed by atoms with Gasteiger partial charge >= 0.3 is 0 Å². The predicted octanol–water partition coefficient (Wildman–Crippen LogP) is 1.61. The zero-order valence-electron chi connectivity index (χ0n) is 10.4. The SMILES string of the molecule is COc1cccc(C(C)NCCCC(N)=O)c1. The van der Waals surface area contributed by atoms with Gasteiger partial charge in [-0.1, -0.05) is 12.1 Å².